The second-order valence-electron chi connectivity index (χ2n) is 5.29. The van der Waals surface area contributed by atoms with E-state index in [4.69, 9.17) is 10.5 Å². The van der Waals surface area contributed by atoms with E-state index < -0.39 is 5.41 Å². The van der Waals surface area contributed by atoms with Gasteiger partial charge in [-0.3, -0.25) is 4.79 Å². The van der Waals surface area contributed by atoms with Crippen LogP contribution in [0.1, 0.15) is 39.0 Å². The Balaban J connectivity index is 2.14. The number of ether oxygens (including phenoxy) is 1. The molecule has 1 aliphatic rings. The van der Waals surface area contributed by atoms with Crippen molar-refractivity contribution in [1.82, 2.24) is 4.98 Å². The van der Waals surface area contributed by atoms with Crippen molar-refractivity contribution in [3.05, 3.63) is 18.3 Å². The second-order valence-corrected chi connectivity index (χ2v) is 5.29. The van der Waals surface area contributed by atoms with Crippen molar-refractivity contribution in [1.29, 1.82) is 0 Å². The molecule has 2 rings (SSSR count). The van der Waals surface area contributed by atoms with Crippen molar-refractivity contribution in [2.24, 2.45) is 11.1 Å². The Morgan fingerprint density at radius 2 is 2.20 bits per heavy atom. The van der Waals surface area contributed by atoms with Gasteiger partial charge < -0.3 is 15.8 Å². The predicted molar refractivity (Wildman–Crippen MR) is 78.6 cm³/mol. The van der Waals surface area contributed by atoms with Gasteiger partial charge in [-0.15, -0.1) is 0 Å². The molecular formula is C15H23N3O2. The molecule has 1 saturated carbocycles. The largest absolute Gasteiger partial charge is 0.476 e. The van der Waals surface area contributed by atoms with Gasteiger partial charge in [-0.2, -0.15) is 0 Å². The number of pyridine rings is 1. The van der Waals surface area contributed by atoms with Crippen LogP contribution in [0.4, 0.5) is 5.69 Å². The molecule has 1 aliphatic carbocycles. The summed E-state index contributed by atoms with van der Waals surface area (Å²) in [5.41, 5.74) is 6.07. The fraction of sp³-hybridized carbons (Fsp3) is 0.600. The molecule has 1 aromatic heterocycles. The topological polar surface area (TPSA) is 77.2 Å². The minimum Gasteiger partial charge on any atom is -0.476 e. The molecule has 0 saturated heterocycles. The first kappa shape index (κ1) is 14.8. The van der Waals surface area contributed by atoms with Gasteiger partial charge in [0.25, 0.3) is 0 Å². The fourth-order valence-electron chi connectivity index (χ4n) is 2.75. The third-order valence-electron chi connectivity index (χ3n) is 3.98. The molecule has 0 unspecified atom stereocenters. The van der Waals surface area contributed by atoms with Gasteiger partial charge in [-0.1, -0.05) is 19.3 Å². The lowest BCUT2D eigenvalue weighted by Crippen LogP contribution is -2.43. The highest BCUT2D eigenvalue weighted by molar-refractivity contribution is 5.96. The fourth-order valence-corrected chi connectivity index (χ4v) is 2.75. The molecule has 1 amide bonds. The zero-order valence-electron chi connectivity index (χ0n) is 12.0. The highest BCUT2D eigenvalue weighted by Crippen LogP contribution is 2.37. The van der Waals surface area contributed by atoms with Gasteiger partial charge in [0.05, 0.1) is 12.0 Å². The van der Waals surface area contributed by atoms with E-state index in [2.05, 4.69) is 10.3 Å². The van der Waals surface area contributed by atoms with Gasteiger partial charge in [0.1, 0.15) is 5.69 Å². The quantitative estimate of drug-likeness (QED) is 0.866. The summed E-state index contributed by atoms with van der Waals surface area (Å²) in [4.78, 5) is 16.7. The highest BCUT2D eigenvalue weighted by Gasteiger charge is 2.38. The predicted octanol–water partition coefficient (Wildman–Crippen LogP) is 2.33. The Morgan fingerprint density at radius 3 is 2.85 bits per heavy atom. The summed E-state index contributed by atoms with van der Waals surface area (Å²) in [7, 11) is 0. The Kier molecular flexibility index (Phi) is 4.95. The van der Waals surface area contributed by atoms with Gasteiger partial charge in [-0.05, 0) is 31.9 Å². The van der Waals surface area contributed by atoms with Crippen LogP contribution in [0.3, 0.4) is 0 Å². The van der Waals surface area contributed by atoms with Gasteiger partial charge in [0, 0.05) is 12.7 Å². The number of amides is 1. The SMILES string of the molecule is CCOc1ncccc1NC(=O)C1(CN)CCCCC1. The lowest BCUT2D eigenvalue weighted by atomic mass is 9.73. The summed E-state index contributed by atoms with van der Waals surface area (Å²) in [6.07, 6.45) is 6.69. The second kappa shape index (κ2) is 6.70. The lowest BCUT2D eigenvalue weighted by Gasteiger charge is -2.34. The summed E-state index contributed by atoms with van der Waals surface area (Å²) in [6, 6.07) is 3.59. The lowest BCUT2D eigenvalue weighted by molar-refractivity contribution is -0.126. The van der Waals surface area contributed by atoms with Crippen molar-refractivity contribution in [2.75, 3.05) is 18.5 Å². The maximum absolute atomic E-state index is 12.6. The van der Waals surface area contributed by atoms with E-state index in [1.807, 2.05) is 13.0 Å². The van der Waals surface area contributed by atoms with E-state index in [0.717, 1.165) is 25.7 Å². The smallest absolute Gasteiger partial charge is 0.237 e. The maximum atomic E-state index is 12.6. The van der Waals surface area contributed by atoms with E-state index in [-0.39, 0.29) is 5.91 Å². The van der Waals surface area contributed by atoms with E-state index in [1.165, 1.54) is 6.42 Å². The zero-order chi connectivity index (χ0) is 14.4. The number of aromatic nitrogens is 1. The van der Waals surface area contributed by atoms with Crippen LogP contribution in [0.15, 0.2) is 18.3 Å². The maximum Gasteiger partial charge on any atom is 0.237 e. The molecule has 0 spiro atoms. The minimum absolute atomic E-state index is 0.00588. The molecule has 0 aromatic carbocycles. The van der Waals surface area contributed by atoms with E-state index >= 15 is 0 Å². The summed E-state index contributed by atoms with van der Waals surface area (Å²) in [5, 5.41) is 2.95. The third kappa shape index (κ3) is 3.10. The molecule has 0 radical (unpaired) electrons. The summed E-state index contributed by atoms with van der Waals surface area (Å²) in [5.74, 6) is 0.458. The molecule has 110 valence electrons. The standard InChI is InChI=1S/C15H23N3O2/c1-2-20-13-12(7-6-10-17-13)18-14(19)15(11-16)8-4-3-5-9-15/h6-7,10H,2-5,8-9,11,16H2,1H3,(H,18,19). The number of nitrogens with one attached hydrogen (secondary N) is 1. The van der Waals surface area contributed by atoms with Crippen LogP contribution in [0.5, 0.6) is 5.88 Å². The summed E-state index contributed by atoms with van der Waals surface area (Å²) >= 11 is 0. The van der Waals surface area contributed by atoms with Crippen LogP contribution in [0.2, 0.25) is 0 Å². The number of nitrogens with zero attached hydrogens (tertiary/aromatic N) is 1. The summed E-state index contributed by atoms with van der Waals surface area (Å²) < 4.78 is 5.43. The number of anilines is 1. The van der Waals surface area contributed by atoms with Gasteiger partial charge in [0.15, 0.2) is 0 Å². The highest BCUT2D eigenvalue weighted by atomic mass is 16.5. The van der Waals surface area contributed by atoms with Gasteiger partial charge >= 0.3 is 0 Å². The van der Waals surface area contributed by atoms with Crippen LogP contribution in [0.25, 0.3) is 0 Å². The number of hydrogen-bond donors (Lipinski definition) is 2. The monoisotopic (exact) mass is 277 g/mol. The minimum atomic E-state index is -0.433. The van der Waals surface area contributed by atoms with Crippen molar-refractivity contribution < 1.29 is 9.53 Å². The number of carbonyl (C=O) groups excluding carboxylic acids is 1. The molecule has 1 aromatic rings. The van der Waals surface area contributed by atoms with Crippen LogP contribution < -0.4 is 15.8 Å². The number of nitrogens with two attached hydrogens (primary N) is 1. The normalized spacial score (nSPS) is 17.5. The van der Waals surface area contributed by atoms with Gasteiger partial charge in [0.2, 0.25) is 11.8 Å². The van der Waals surface area contributed by atoms with Crippen LogP contribution >= 0.6 is 0 Å². The number of hydrogen-bond acceptors (Lipinski definition) is 4. The van der Waals surface area contributed by atoms with E-state index in [9.17, 15) is 4.79 Å². The van der Waals surface area contributed by atoms with Crippen LogP contribution in [-0.4, -0.2) is 24.0 Å². The molecule has 0 bridgehead atoms. The first-order chi connectivity index (χ1) is 9.72. The molecule has 3 N–H and O–H groups in total. The van der Waals surface area contributed by atoms with Crippen molar-refractivity contribution >= 4 is 11.6 Å². The average Bonchev–Trinajstić information content (AvgIpc) is 2.50. The van der Waals surface area contributed by atoms with Crippen molar-refractivity contribution in [2.45, 2.75) is 39.0 Å². The average molecular weight is 277 g/mol. The molecule has 0 aliphatic heterocycles. The number of carbonyl (C=O) groups is 1. The van der Waals surface area contributed by atoms with E-state index in [0.29, 0.717) is 24.7 Å². The molecule has 0 atom stereocenters. The first-order valence-electron chi connectivity index (χ1n) is 7.31. The molecule has 5 nitrogen and oxygen atoms in total. The van der Waals surface area contributed by atoms with E-state index in [1.54, 1.807) is 12.3 Å². The Hall–Kier alpha value is -1.62. The van der Waals surface area contributed by atoms with Crippen LogP contribution in [0, 0.1) is 5.41 Å². The molecule has 1 fully saturated rings. The molecule has 5 heteroatoms. The molecule has 1 heterocycles. The molecule has 20 heavy (non-hydrogen) atoms. The Bertz CT molecular complexity index is 456. The van der Waals surface area contributed by atoms with Gasteiger partial charge in [-0.25, -0.2) is 4.98 Å². The zero-order valence-corrected chi connectivity index (χ0v) is 12.0. The third-order valence-corrected chi connectivity index (χ3v) is 3.98. The summed E-state index contributed by atoms with van der Waals surface area (Å²) in [6.45, 7) is 2.80. The number of rotatable bonds is 5. The molecular weight excluding hydrogens is 254 g/mol. The Morgan fingerprint density at radius 1 is 1.45 bits per heavy atom. The van der Waals surface area contributed by atoms with Crippen molar-refractivity contribution in [3.63, 3.8) is 0 Å². The van der Waals surface area contributed by atoms with Crippen LogP contribution in [-0.2, 0) is 4.79 Å². The Labute approximate surface area is 119 Å². The van der Waals surface area contributed by atoms with Crippen molar-refractivity contribution in [3.8, 4) is 5.88 Å². The first-order valence-corrected chi connectivity index (χ1v) is 7.31.